The van der Waals surface area contributed by atoms with Gasteiger partial charge in [0.25, 0.3) is 5.91 Å². The molecule has 5 heteroatoms. The van der Waals surface area contributed by atoms with E-state index in [1.807, 2.05) is 23.1 Å². The minimum Gasteiger partial charge on any atom is -0.333 e. The zero-order chi connectivity index (χ0) is 15.0. The van der Waals surface area contributed by atoms with E-state index in [9.17, 15) is 4.79 Å². The summed E-state index contributed by atoms with van der Waals surface area (Å²) in [5.74, 6) is 0.0156. The van der Waals surface area contributed by atoms with Crippen molar-refractivity contribution in [3.63, 3.8) is 0 Å². The van der Waals surface area contributed by atoms with Gasteiger partial charge in [0.1, 0.15) is 0 Å². The second-order valence-electron chi connectivity index (χ2n) is 5.64. The van der Waals surface area contributed by atoms with E-state index in [1.165, 1.54) is 0 Å². The summed E-state index contributed by atoms with van der Waals surface area (Å²) in [6, 6.07) is 7.54. The molecule has 0 radical (unpaired) electrons. The first kappa shape index (κ1) is 14.3. The van der Waals surface area contributed by atoms with Crippen LogP contribution in [0.2, 0.25) is 5.02 Å². The molecule has 1 atom stereocenters. The molecule has 0 spiro atoms. The normalized spacial score (nSPS) is 20.0. The van der Waals surface area contributed by atoms with Crippen LogP contribution in [0.1, 0.15) is 17.3 Å². The third kappa shape index (κ3) is 2.74. The van der Waals surface area contributed by atoms with Crippen molar-refractivity contribution < 1.29 is 4.79 Å². The SMILES string of the molecule is CC1CN(C)CCN1C(=O)c1cc(Cl)cc2cccnc12. The number of nitrogens with zero attached hydrogens (tertiary/aromatic N) is 3. The molecule has 110 valence electrons. The molecule has 21 heavy (non-hydrogen) atoms. The molecule has 1 amide bonds. The van der Waals surface area contributed by atoms with E-state index in [1.54, 1.807) is 12.3 Å². The van der Waals surface area contributed by atoms with Gasteiger partial charge >= 0.3 is 0 Å². The predicted molar refractivity (Wildman–Crippen MR) is 84.7 cm³/mol. The van der Waals surface area contributed by atoms with Gasteiger partial charge in [-0.3, -0.25) is 9.78 Å². The van der Waals surface area contributed by atoms with Crippen molar-refractivity contribution in [2.24, 2.45) is 0 Å². The summed E-state index contributed by atoms with van der Waals surface area (Å²) >= 11 is 6.16. The van der Waals surface area contributed by atoms with Crippen LogP contribution in [0.5, 0.6) is 0 Å². The Balaban J connectivity index is 2.02. The van der Waals surface area contributed by atoms with Gasteiger partial charge in [-0.25, -0.2) is 0 Å². The second kappa shape index (κ2) is 5.62. The van der Waals surface area contributed by atoms with Crippen molar-refractivity contribution in [3.05, 3.63) is 41.0 Å². The second-order valence-corrected chi connectivity index (χ2v) is 6.07. The first-order valence-electron chi connectivity index (χ1n) is 7.10. The standard InChI is InChI=1S/C16H18ClN3O/c1-11-10-19(2)6-7-20(11)16(21)14-9-13(17)8-12-4-3-5-18-15(12)14/h3-5,8-9,11H,6-7,10H2,1-2H3. The van der Waals surface area contributed by atoms with Crippen molar-refractivity contribution in [1.82, 2.24) is 14.8 Å². The van der Waals surface area contributed by atoms with Crippen molar-refractivity contribution in [2.75, 3.05) is 26.7 Å². The molecule has 0 bridgehead atoms. The van der Waals surface area contributed by atoms with Crippen LogP contribution in [0.3, 0.4) is 0 Å². The Bertz CT molecular complexity index is 688. The molecule has 0 saturated carbocycles. The van der Waals surface area contributed by atoms with E-state index in [0.717, 1.165) is 30.5 Å². The third-order valence-corrected chi connectivity index (χ3v) is 4.21. The number of amides is 1. The lowest BCUT2D eigenvalue weighted by atomic mass is 10.1. The zero-order valence-corrected chi connectivity index (χ0v) is 13.0. The highest BCUT2D eigenvalue weighted by molar-refractivity contribution is 6.32. The lowest BCUT2D eigenvalue weighted by molar-refractivity contribution is 0.0535. The summed E-state index contributed by atoms with van der Waals surface area (Å²) in [5.41, 5.74) is 1.31. The van der Waals surface area contributed by atoms with Crippen molar-refractivity contribution in [3.8, 4) is 0 Å². The Hall–Kier alpha value is -1.65. The van der Waals surface area contributed by atoms with Crippen LogP contribution in [-0.4, -0.2) is 53.4 Å². The van der Waals surface area contributed by atoms with Crippen LogP contribution < -0.4 is 0 Å². The topological polar surface area (TPSA) is 36.4 Å². The third-order valence-electron chi connectivity index (χ3n) is 3.99. The molecule has 1 aromatic heterocycles. The first-order valence-corrected chi connectivity index (χ1v) is 7.48. The van der Waals surface area contributed by atoms with Crippen LogP contribution in [-0.2, 0) is 0 Å². The Kier molecular flexibility index (Phi) is 3.83. The van der Waals surface area contributed by atoms with Crippen LogP contribution >= 0.6 is 11.6 Å². The van der Waals surface area contributed by atoms with Crippen LogP contribution in [0.25, 0.3) is 10.9 Å². The highest BCUT2D eigenvalue weighted by Crippen LogP contribution is 2.24. The summed E-state index contributed by atoms with van der Waals surface area (Å²) in [7, 11) is 2.08. The lowest BCUT2D eigenvalue weighted by Gasteiger charge is -2.38. The minimum absolute atomic E-state index is 0.0156. The zero-order valence-electron chi connectivity index (χ0n) is 12.2. The molecule has 1 fully saturated rings. The molecule has 1 saturated heterocycles. The maximum absolute atomic E-state index is 12.9. The lowest BCUT2D eigenvalue weighted by Crippen LogP contribution is -2.52. The minimum atomic E-state index is 0.0156. The fourth-order valence-corrected chi connectivity index (χ4v) is 3.14. The van der Waals surface area contributed by atoms with E-state index < -0.39 is 0 Å². The monoisotopic (exact) mass is 303 g/mol. The average Bonchev–Trinajstić information content (AvgIpc) is 2.45. The van der Waals surface area contributed by atoms with E-state index in [-0.39, 0.29) is 11.9 Å². The Morgan fingerprint density at radius 2 is 2.19 bits per heavy atom. The van der Waals surface area contributed by atoms with Gasteiger partial charge in [-0.2, -0.15) is 0 Å². The number of pyridine rings is 1. The maximum atomic E-state index is 12.9. The van der Waals surface area contributed by atoms with Gasteiger partial charge in [0.2, 0.25) is 0 Å². The molecule has 2 aromatic rings. The van der Waals surface area contributed by atoms with Gasteiger partial charge in [-0.05, 0) is 32.2 Å². The van der Waals surface area contributed by atoms with Crippen molar-refractivity contribution in [1.29, 1.82) is 0 Å². The van der Waals surface area contributed by atoms with Gasteiger partial charge in [-0.1, -0.05) is 17.7 Å². The average molecular weight is 304 g/mol. The fourth-order valence-electron chi connectivity index (χ4n) is 2.91. The number of fused-ring (bicyclic) bond motifs is 1. The van der Waals surface area contributed by atoms with Crippen molar-refractivity contribution >= 4 is 28.4 Å². The molecule has 0 aliphatic carbocycles. The molecule has 2 heterocycles. The first-order chi connectivity index (χ1) is 10.1. The van der Waals surface area contributed by atoms with E-state index in [2.05, 4.69) is 23.9 Å². The van der Waals surface area contributed by atoms with Gasteiger partial charge in [0, 0.05) is 42.3 Å². The predicted octanol–water partition coefficient (Wildman–Crippen LogP) is 2.66. The molecule has 4 nitrogen and oxygen atoms in total. The molecule has 1 unspecified atom stereocenters. The number of rotatable bonds is 1. The van der Waals surface area contributed by atoms with Crippen LogP contribution in [0, 0.1) is 0 Å². The molecule has 0 N–H and O–H groups in total. The maximum Gasteiger partial charge on any atom is 0.256 e. The van der Waals surface area contributed by atoms with Crippen LogP contribution in [0.15, 0.2) is 30.5 Å². The number of carbonyl (C=O) groups excluding carboxylic acids is 1. The number of hydrogen-bond acceptors (Lipinski definition) is 3. The number of hydrogen-bond donors (Lipinski definition) is 0. The summed E-state index contributed by atoms with van der Waals surface area (Å²) in [6.07, 6.45) is 1.71. The van der Waals surface area contributed by atoms with Gasteiger partial charge in [-0.15, -0.1) is 0 Å². The highest BCUT2D eigenvalue weighted by atomic mass is 35.5. The number of likely N-dealkylation sites (N-methyl/N-ethyl adjacent to an activating group) is 1. The summed E-state index contributed by atoms with van der Waals surface area (Å²) in [5, 5.41) is 1.47. The molecular weight excluding hydrogens is 286 g/mol. The number of aromatic nitrogens is 1. The number of carbonyl (C=O) groups is 1. The number of halogens is 1. The summed E-state index contributed by atoms with van der Waals surface area (Å²) < 4.78 is 0. The van der Waals surface area contributed by atoms with Gasteiger partial charge in [0.05, 0.1) is 11.1 Å². The Morgan fingerprint density at radius 3 is 2.95 bits per heavy atom. The molecule has 1 aromatic carbocycles. The molecule has 1 aliphatic heterocycles. The van der Waals surface area contributed by atoms with E-state index >= 15 is 0 Å². The van der Waals surface area contributed by atoms with E-state index in [0.29, 0.717) is 10.6 Å². The largest absolute Gasteiger partial charge is 0.333 e. The van der Waals surface area contributed by atoms with Crippen molar-refractivity contribution in [2.45, 2.75) is 13.0 Å². The summed E-state index contributed by atoms with van der Waals surface area (Å²) in [4.78, 5) is 21.4. The fraction of sp³-hybridized carbons (Fsp3) is 0.375. The molecular formula is C16H18ClN3O. The van der Waals surface area contributed by atoms with Gasteiger partial charge in [0.15, 0.2) is 0 Å². The summed E-state index contributed by atoms with van der Waals surface area (Å²) in [6.45, 7) is 4.59. The Labute approximate surface area is 129 Å². The Morgan fingerprint density at radius 1 is 1.38 bits per heavy atom. The number of piperazine rings is 1. The molecule has 1 aliphatic rings. The smallest absolute Gasteiger partial charge is 0.256 e. The van der Waals surface area contributed by atoms with Crippen LogP contribution in [0.4, 0.5) is 0 Å². The highest BCUT2D eigenvalue weighted by Gasteiger charge is 2.28. The van der Waals surface area contributed by atoms with E-state index in [4.69, 9.17) is 11.6 Å². The quantitative estimate of drug-likeness (QED) is 0.812. The number of benzene rings is 1. The van der Waals surface area contributed by atoms with Gasteiger partial charge < -0.3 is 9.80 Å². The molecule has 3 rings (SSSR count).